The fourth-order valence-corrected chi connectivity index (χ4v) is 2.42. The molecule has 0 N–H and O–H groups in total. The first kappa shape index (κ1) is 17.7. The fourth-order valence-electron chi connectivity index (χ4n) is 2.42. The highest BCUT2D eigenvalue weighted by Gasteiger charge is 2.23. The maximum absolute atomic E-state index is 13.5. The number of ether oxygens (including phenoxy) is 1. The summed E-state index contributed by atoms with van der Waals surface area (Å²) in [5.41, 5.74) is 2.39. The molecular weight excluding hydrogens is 309 g/mol. The molecule has 5 nitrogen and oxygen atoms in total. The largest absolute Gasteiger partial charge is 0.442 e. The van der Waals surface area contributed by atoms with Crippen molar-refractivity contribution < 1.29 is 13.9 Å². The Morgan fingerprint density at radius 3 is 2.62 bits per heavy atom. The van der Waals surface area contributed by atoms with E-state index in [4.69, 9.17) is 4.74 Å². The summed E-state index contributed by atoms with van der Waals surface area (Å²) in [4.78, 5) is 12.2. The lowest BCUT2D eigenvalue weighted by Crippen LogP contribution is -2.28. The molecule has 0 saturated heterocycles. The fraction of sp³-hybridized carbons (Fsp3) is 0.389. The third-order valence-corrected chi connectivity index (χ3v) is 3.56. The SMILES string of the molecule is Cc1nn(C(=O)OC(C)(C)C)c(C)c1Cc1cc(F)ccc1C#N. The molecule has 1 heterocycles. The minimum Gasteiger partial charge on any atom is -0.442 e. The molecule has 0 amide bonds. The minimum absolute atomic E-state index is 0.321. The van der Waals surface area contributed by atoms with Gasteiger partial charge in [-0.1, -0.05) is 0 Å². The van der Waals surface area contributed by atoms with E-state index in [1.54, 1.807) is 34.6 Å². The van der Waals surface area contributed by atoms with Crippen LogP contribution in [0.25, 0.3) is 0 Å². The zero-order valence-corrected chi connectivity index (χ0v) is 14.5. The first-order valence-corrected chi connectivity index (χ1v) is 7.59. The number of nitriles is 1. The molecule has 2 rings (SSSR count). The van der Waals surface area contributed by atoms with E-state index >= 15 is 0 Å². The number of hydrogen-bond acceptors (Lipinski definition) is 4. The monoisotopic (exact) mass is 329 g/mol. The number of aryl methyl sites for hydroxylation is 1. The maximum atomic E-state index is 13.5. The maximum Gasteiger partial charge on any atom is 0.435 e. The van der Waals surface area contributed by atoms with Gasteiger partial charge in [-0.05, 0) is 58.4 Å². The molecule has 0 spiro atoms. The first-order chi connectivity index (χ1) is 11.1. The summed E-state index contributed by atoms with van der Waals surface area (Å²) in [5, 5.41) is 13.4. The third-order valence-electron chi connectivity index (χ3n) is 3.56. The van der Waals surface area contributed by atoms with Crippen LogP contribution in [0.3, 0.4) is 0 Å². The highest BCUT2D eigenvalue weighted by Crippen LogP contribution is 2.22. The molecule has 0 radical (unpaired) electrons. The number of halogens is 1. The highest BCUT2D eigenvalue weighted by molar-refractivity contribution is 5.71. The lowest BCUT2D eigenvalue weighted by atomic mass is 9.99. The number of benzene rings is 1. The van der Waals surface area contributed by atoms with Gasteiger partial charge in [-0.15, -0.1) is 0 Å². The number of hydrogen-bond donors (Lipinski definition) is 0. The van der Waals surface area contributed by atoms with Crippen molar-refractivity contribution >= 4 is 6.09 Å². The van der Waals surface area contributed by atoms with Crippen molar-refractivity contribution in [2.75, 3.05) is 0 Å². The van der Waals surface area contributed by atoms with Crippen LogP contribution in [0.2, 0.25) is 0 Å². The van der Waals surface area contributed by atoms with Gasteiger partial charge in [0.1, 0.15) is 11.4 Å². The van der Waals surface area contributed by atoms with Gasteiger partial charge in [-0.2, -0.15) is 15.0 Å². The summed E-state index contributed by atoms with van der Waals surface area (Å²) in [6.07, 6.45) is -0.240. The van der Waals surface area contributed by atoms with Crippen LogP contribution in [0.1, 0.15) is 48.8 Å². The van der Waals surface area contributed by atoms with Gasteiger partial charge in [0.25, 0.3) is 0 Å². The van der Waals surface area contributed by atoms with Crippen LogP contribution in [0, 0.1) is 31.0 Å². The van der Waals surface area contributed by atoms with Crippen LogP contribution >= 0.6 is 0 Å². The van der Waals surface area contributed by atoms with E-state index in [0.717, 1.165) is 5.56 Å². The molecule has 0 aliphatic carbocycles. The summed E-state index contributed by atoms with van der Waals surface area (Å²) in [5.74, 6) is -0.404. The van der Waals surface area contributed by atoms with Crippen molar-refractivity contribution in [3.63, 3.8) is 0 Å². The number of rotatable bonds is 2. The van der Waals surface area contributed by atoms with E-state index in [1.165, 1.54) is 22.9 Å². The Bertz CT molecular complexity index is 826. The van der Waals surface area contributed by atoms with E-state index < -0.39 is 17.5 Å². The topological polar surface area (TPSA) is 67.9 Å². The average Bonchev–Trinajstić information content (AvgIpc) is 2.74. The average molecular weight is 329 g/mol. The van der Waals surface area contributed by atoms with Crippen molar-refractivity contribution in [2.45, 2.75) is 46.6 Å². The Labute approximate surface area is 140 Å². The predicted octanol–water partition coefficient (Wildman–Crippen LogP) is 3.88. The van der Waals surface area contributed by atoms with Crippen LogP contribution < -0.4 is 0 Å². The lowest BCUT2D eigenvalue weighted by Gasteiger charge is -2.19. The molecule has 6 heteroatoms. The highest BCUT2D eigenvalue weighted by atomic mass is 19.1. The molecule has 0 unspecified atom stereocenters. The van der Waals surface area contributed by atoms with E-state index in [-0.39, 0.29) is 0 Å². The molecule has 0 aliphatic heterocycles. The summed E-state index contributed by atoms with van der Waals surface area (Å²) < 4.78 is 20.0. The molecule has 24 heavy (non-hydrogen) atoms. The van der Waals surface area contributed by atoms with Crippen molar-refractivity contribution in [2.24, 2.45) is 0 Å². The number of aromatic nitrogens is 2. The number of carbonyl (C=O) groups excluding carboxylic acids is 1. The van der Waals surface area contributed by atoms with Gasteiger partial charge >= 0.3 is 6.09 Å². The van der Waals surface area contributed by atoms with Gasteiger partial charge < -0.3 is 4.74 Å². The van der Waals surface area contributed by atoms with Gasteiger partial charge in [0.15, 0.2) is 0 Å². The van der Waals surface area contributed by atoms with E-state index in [2.05, 4.69) is 11.2 Å². The molecule has 0 fully saturated rings. The molecule has 126 valence electrons. The Balaban J connectivity index is 2.39. The van der Waals surface area contributed by atoms with Crippen LogP contribution in [-0.4, -0.2) is 21.5 Å². The zero-order valence-electron chi connectivity index (χ0n) is 14.5. The smallest absolute Gasteiger partial charge is 0.435 e. The summed E-state index contributed by atoms with van der Waals surface area (Å²) >= 11 is 0. The van der Waals surface area contributed by atoms with Gasteiger partial charge in [0.05, 0.1) is 23.0 Å². The second-order valence-electron chi connectivity index (χ2n) is 6.63. The Morgan fingerprint density at radius 1 is 1.38 bits per heavy atom. The minimum atomic E-state index is -0.625. The second-order valence-corrected chi connectivity index (χ2v) is 6.63. The van der Waals surface area contributed by atoms with Crippen LogP contribution in [0.15, 0.2) is 18.2 Å². The molecular formula is C18H20FN3O2. The van der Waals surface area contributed by atoms with E-state index in [9.17, 15) is 14.4 Å². The van der Waals surface area contributed by atoms with E-state index in [0.29, 0.717) is 28.9 Å². The zero-order chi connectivity index (χ0) is 18.1. The van der Waals surface area contributed by atoms with Gasteiger partial charge in [0, 0.05) is 12.0 Å². The number of carbonyl (C=O) groups is 1. The summed E-state index contributed by atoms with van der Waals surface area (Å²) in [6, 6.07) is 6.10. The molecule has 0 bridgehead atoms. The van der Waals surface area contributed by atoms with E-state index in [1.807, 2.05) is 0 Å². The van der Waals surface area contributed by atoms with Crippen molar-refractivity contribution in [3.05, 3.63) is 52.1 Å². The molecule has 0 aliphatic rings. The Morgan fingerprint density at radius 2 is 2.04 bits per heavy atom. The van der Waals surface area contributed by atoms with Crippen molar-refractivity contribution in [1.29, 1.82) is 5.26 Å². The van der Waals surface area contributed by atoms with Gasteiger partial charge in [-0.25, -0.2) is 9.18 Å². The Kier molecular flexibility index (Phi) is 4.74. The first-order valence-electron chi connectivity index (χ1n) is 7.59. The Hall–Kier alpha value is -2.68. The summed E-state index contributed by atoms with van der Waals surface area (Å²) in [6.45, 7) is 8.87. The molecule has 1 aromatic carbocycles. The number of nitrogens with zero attached hydrogens (tertiary/aromatic N) is 3. The van der Waals surface area contributed by atoms with Crippen molar-refractivity contribution in [1.82, 2.24) is 9.78 Å². The quantitative estimate of drug-likeness (QED) is 0.838. The molecule has 0 saturated carbocycles. The van der Waals surface area contributed by atoms with Gasteiger partial charge in [0.2, 0.25) is 0 Å². The third kappa shape index (κ3) is 3.80. The lowest BCUT2D eigenvalue weighted by molar-refractivity contribution is 0.0510. The molecule has 0 atom stereocenters. The standard InChI is InChI=1S/C18H20FN3O2/c1-11-16(9-14-8-15(19)7-6-13(14)10-20)12(2)22(21-11)17(23)24-18(3,4)5/h6-8H,9H2,1-5H3. The molecule has 1 aromatic heterocycles. The normalized spacial score (nSPS) is 11.2. The molecule has 2 aromatic rings. The van der Waals surface area contributed by atoms with Crippen molar-refractivity contribution in [3.8, 4) is 6.07 Å². The second kappa shape index (κ2) is 6.44. The van der Waals surface area contributed by atoms with Crippen LogP contribution in [0.4, 0.5) is 9.18 Å². The summed E-state index contributed by atoms with van der Waals surface area (Å²) in [7, 11) is 0. The predicted molar refractivity (Wildman–Crippen MR) is 87.3 cm³/mol. The van der Waals surface area contributed by atoms with Gasteiger partial charge in [-0.3, -0.25) is 0 Å². The van der Waals surface area contributed by atoms with Crippen LogP contribution in [0.5, 0.6) is 0 Å². The van der Waals surface area contributed by atoms with Crippen LogP contribution in [-0.2, 0) is 11.2 Å².